The van der Waals surface area contributed by atoms with Crippen LogP contribution in [0.5, 0.6) is 0 Å². The van der Waals surface area contributed by atoms with Gasteiger partial charge in [0.1, 0.15) is 22.9 Å². The van der Waals surface area contributed by atoms with Crippen molar-refractivity contribution in [2.75, 3.05) is 13.1 Å². The Bertz CT molecular complexity index is 2310. The van der Waals surface area contributed by atoms with Gasteiger partial charge in [0.05, 0.1) is 41.6 Å². The van der Waals surface area contributed by atoms with Crippen LogP contribution in [0.2, 0.25) is 25.2 Å². The zero-order chi connectivity index (χ0) is 39.9. The molecule has 2 N–H and O–H groups in total. The van der Waals surface area contributed by atoms with Gasteiger partial charge in [0.2, 0.25) is 0 Å². The fraction of sp³-hybridized carbons (Fsp3) is 0.488. The maximum atomic E-state index is 14.7. The number of alkyl halides is 2. The minimum Gasteiger partial charge on any atom is -0.444 e. The van der Waals surface area contributed by atoms with E-state index in [0.29, 0.717) is 29.7 Å². The van der Waals surface area contributed by atoms with Gasteiger partial charge in [0, 0.05) is 26.4 Å². The molecule has 13 heteroatoms. The third-order valence-corrected chi connectivity index (χ3v) is 14.7. The molecule has 3 aliphatic heterocycles. The van der Waals surface area contributed by atoms with Crippen molar-refractivity contribution in [3.8, 4) is 22.4 Å². The average molecular weight is 783 g/mol. The summed E-state index contributed by atoms with van der Waals surface area (Å²) >= 11 is 0. The number of hydrogen-bond donors (Lipinski definition) is 2. The standard InChI is InChI=1S/C43H52F2N6O4Si/c1-41(2,3)54-39(52)50-21-30-23-56(7,8)22-29(30)18-34(50)37-46-20-33(48-37)26-11-9-25(10-12-26)27-13-15-31-28(17-27)14-16-32-36(31)49-38(47-32)35-19-43(44,45)24-51(35)40(53)55-42(4,5)6/h9-17,20,29-30,34-35H,18-19,21-24H2,1-8H3,(H,46,48)(H,47,49)/t29-,30-,34-,35?/m0/s1. The number of hydrogen-bond acceptors (Lipinski definition) is 6. The van der Waals surface area contributed by atoms with Crippen LogP contribution in [0.1, 0.15) is 78.1 Å². The van der Waals surface area contributed by atoms with Crippen molar-refractivity contribution in [1.29, 1.82) is 0 Å². The molecule has 0 spiro atoms. The summed E-state index contributed by atoms with van der Waals surface area (Å²) in [5.41, 5.74) is 3.90. The monoisotopic (exact) mass is 782 g/mol. The summed E-state index contributed by atoms with van der Waals surface area (Å²) in [5.74, 6) is -0.835. The van der Waals surface area contributed by atoms with Crippen LogP contribution < -0.4 is 0 Å². The number of fused-ring (bicyclic) bond motifs is 4. The summed E-state index contributed by atoms with van der Waals surface area (Å²) in [6.45, 7) is 15.8. The molecule has 3 saturated heterocycles. The molecule has 10 nitrogen and oxygen atoms in total. The van der Waals surface area contributed by atoms with Crippen molar-refractivity contribution in [3.05, 3.63) is 72.4 Å². The van der Waals surface area contributed by atoms with E-state index in [1.165, 1.54) is 12.1 Å². The number of carbonyl (C=O) groups is 2. The van der Waals surface area contributed by atoms with Crippen LogP contribution in [-0.2, 0) is 9.47 Å². The molecule has 2 aromatic heterocycles. The number of aromatic nitrogens is 4. The number of likely N-dealkylation sites (tertiary alicyclic amines) is 2. The molecule has 0 bridgehead atoms. The minimum atomic E-state index is -3.05. The summed E-state index contributed by atoms with van der Waals surface area (Å²) in [6, 6.07) is 19.7. The largest absolute Gasteiger partial charge is 0.444 e. The first-order chi connectivity index (χ1) is 26.2. The zero-order valence-corrected chi connectivity index (χ0v) is 34.5. The summed E-state index contributed by atoms with van der Waals surface area (Å²) in [7, 11) is -1.29. The Morgan fingerprint density at radius 2 is 1.45 bits per heavy atom. The van der Waals surface area contributed by atoms with Gasteiger partial charge in [-0.15, -0.1) is 0 Å². The highest BCUT2D eigenvalue weighted by atomic mass is 28.3. The first kappa shape index (κ1) is 38.1. The molecule has 0 saturated carbocycles. The Kier molecular flexibility index (Phi) is 9.13. The van der Waals surface area contributed by atoms with Gasteiger partial charge in [-0.2, -0.15) is 0 Å². The lowest BCUT2D eigenvalue weighted by atomic mass is 9.84. The number of nitrogens with one attached hydrogen (secondary N) is 2. The van der Waals surface area contributed by atoms with Gasteiger partial charge in [0.15, 0.2) is 0 Å². The molecule has 0 radical (unpaired) electrons. The lowest BCUT2D eigenvalue weighted by Gasteiger charge is -2.41. The normalized spacial score (nSPS) is 23.5. The van der Waals surface area contributed by atoms with Gasteiger partial charge in [-0.1, -0.05) is 67.6 Å². The number of H-pyrrole nitrogens is 2. The first-order valence-corrected chi connectivity index (χ1v) is 23.1. The van der Waals surface area contributed by atoms with E-state index in [9.17, 15) is 18.4 Å². The number of amides is 2. The van der Waals surface area contributed by atoms with Gasteiger partial charge < -0.3 is 19.4 Å². The fourth-order valence-corrected chi connectivity index (χ4v) is 13.1. The highest BCUT2D eigenvalue weighted by Gasteiger charge is 2.51. The quantitative estimate of drug-likeness (QED) is 0.175. The van der Waals surface area contributed by atoms with E-state index in [1.807, 2.05) is 56.1 Å². The van der Waals surface area contributed by atoms with Crippen LogP contribution in [0.15, 0.2) is 60.8 Å². The summed E-state index contributed by atoms with van der Waals surface area (Å²) in [5, 5.41) is 1.86. The van der Waals surface area contributed by atoms with E-state index in [0.717, 1.165) is 55.8 Å². The van der Waals surface area contributed by atoms with Crippen molar-refractivity contribution in [3.63, 3.8) is 0 Å². The number of halogens is 2. The van der Waals surface area contributed by atoms with Crippen molar-refractivity contribution in [2.45, 2.75) is 109 Å². The predicted octanol–water partition coefficient (Wildman–Crippen LogP) is 10.7. The fourth-order valence-electron chi connectivity index (χ4n) is 9.14. The van der Waals surface area contributed by atoms with Gasteiger partial charge in [-0.25, -0.2) is 28.3 Å². The molecule has 3 aliphatic rings. The molecule has 2 amide bonds. The molecule has 8 rings (SSSR count). The number of carbonyl (C=O) groups excluding carboxylic acids is 2. The smallest absolute Gasteiger partial charge is 0.411 e. The van der Waals surface area contributed by atoms with Gasteiger partial charge in [-0.3, -0.25) is 9.80 Å². The number of ether oxygens (including phenoxy) is 2. The number of imidazole rings is 2. The number of benzene rings is 3. The molecular formula is C43H52F2N6O4Si. The molecule has 3 fully saturated rings. The van der Waals surface area contributed by atoms with Gasteiger partial charge in [0.25, 0.3) is 5.92 Å². The Labute approximate surface area is 327 Å². The predicted molar refractivity (Wildman–Crippen MR) is 216 cm³/mol. The minimum absolute atomic E-state index is 0.167. The second kappa shape index (κ2) is 13.4. The summed E-state index contributed by atoms with van der Waals surface area (Å²) < 4.78 is 40.7. The molecule has 56 heavy (non-hydrogen) atoms. The van der Waals surface area contributed by atoms with Crippen molar-refractivity contribution < 1.29 is 27.8 Å². The van der Waals surface area contributed by atoms with Crippen LogP contribution >= 0.6 is 0 Å². The van der Waals surface area contributed by atoms with Crippen LogP contribution in [-0.4, -0.2) is 80.2 Å². The Morgan fingerprint density at radius 1 is 0.804 bits per heavy atom. The lowest BCUT2D eigenvalue weighted by Crippen LogP contribution is -2.46. The third kappa shape index (κ3) is 7.66. The SMILES string of the molecule is CC(C)(C)OC(=O)N1CC(F)(F)CC1c1nc2ccc3cc(-c4ccc(-c5cnc([C@@H]6C[C@H]7C[Si](C)(C)C[C@@H]7CN6C(=O)OC(C)(C)C)[nH]5)cc4)ccc3c2[nH]1. The van der Waals surface area contributed by atoms with Crippen molar-refractivity contribution >= 4 is 42.1 Å². The van der Waals surface area contributed by atoms with Crippen molar-refractivity contribution in [2.24, 2.45) is 11.8 Å². The zero-order valence-electron chi connectivity index (χ0n) is 33.5. The van der Waals surface area contributed by atoms with Gasteiger partial charge >= 0.3 is 12.2 Å². The molecule has 5 heterocycles. The van der Waals surface area contributed by atoms with Crippen LogP contribution in [0, 0.1) is 11.8 Å². The maximum absolute atomic E-state index is 14.7. The number of aromatic amines is 2. The lowest BCUT2D eigenvalue weighted by molar-refractivity contribution is -0.00375. The average Bonchev–Trinajstić information content (AvgIpc) is 3.88. The molecule has 296 valence electrons. The molecule has 0 aliphatic carbocycles. The summed E-state index contributed by atoms with van der Waals surface area (Å²) in [6.07, 6.45) is 1.16. The molecule has 1 unspecified atom stereocenters. The van der Waals surface area contributed by atoms with Crippen LogP contribution in [0.25, 0.3) is 44.2 Å². The molecule has 3 aromatic carbocycles. The van der Waals surface area contributed by atoms with Crippen molar-refractivity contribution in [1.82, 2.24) is 29.7 Å². The van der Waals surface area contributed by atoms with Crippen LogP contribution in [0.3, 0.4) is 0 Å². The maximum Gasteiger partial charge on any atom is 0.411 e. The molecule has 5 aromatic rings. The number of piperidine rings is 1. The highest BCUT2D eigenvalue weighted by Crippen LogP contribution is 2.49. The van der Waals surface area contributed by atoms with Crippen LogP contribution in [0.4, 0.5) is 18.4 Å². The Morgan fingerprint density at radius 3 is 2.14 bits per heavy atom. The van der Waals surface area contributed by atoms with E-state index >= 15 is 0 Å². The topological polar surface area (TPSA) is 116 Å². The van der Waals surface area contributed by atoms with E-state index in [2.05, 4.69) is 58.4 Å². The second-order valence-electron chi connectivity index (χ2n) is 18.9. The van der Waals surface area contributed by atoms with E-state index in [-0.39, 0.29) is 12.1 Å². The third-order valence-electron chi connectivity index (χ3n) is 11.4. The second-order valence-corrected chi connectivity index (χ2v) is 24.1. The Hall–Kier alpha value is -4.78. The van der Waals surface area contributed by atoms with E-state index in [4.69, 9.17) is 14.5 Å². The van der Waals surface area contributed by atoms with Gasteiger partial charge in [-0.05, 0) is 94.0 Å². The molecular weight excluding hydrogens is 731 g/mol. The summed E-state index contributed by atoms with van der Waals surface area (Å²) in [4.78, 5) is 45.8. The first-order valence-electron chi connectivity index (χ1n) is 19.7. The van der Waals surface area contributed by atoms with E-state index in [1.54, 1.807) is 20.8 Å². The number of rotatable bonds is 4. The highest BCUT2D eigenvalue weighted by molar-refractivity contribution is 6.78. The molecule has 4 atom stereocenters. The number of nitrogens with zero attached hydrogens (tertiary/aromatic N) is 4. The Balaban J connectivity index is 1.02. The van der Waals surface area contributed by atoms with E-state index < -0.39 is 50.3 Å².